The zero-order chi connectivity index (χ0) is 17.9. The fraction of sp³-hybridized carbons (Fsp3) is 0.375. The number of hydrogen-bond donors (Lipinski definition) is 1. The molecule has 0 bridgehead atoms. The molecule has 0 saturated carbocycles. The van der Waals surface area contributed by atoms with Gasteiger partial charge in [0.1, 0.15) is 5.82 Å². The van der Waals surface area contributed by atoms with Crippen LogP contribution in [0.1, 0.15) is 29.9 Å². The van der Waals surface area contributed by atoms with Crippen LogP contribution in [-0.2, 0) is 17.1 Å². The van der Waals surface area contributed by atoms with Gasteiger partial charge >= 0.3 is 0 Å². The molecule has 0 radical (unpaired) electrons. The van der Waals surface area contributed by atoms with Crippen LogP contribution < -0.4 is 5.32 Å². The highest BCUT2D eigenvalue weighted by Gasteiger charge is 2.21. The van der Waals surface area contributed by atoms with Crippen molar-refractivity contribution in [3.63, 3.8) is 0 Å². The van der Waals surface area contributed by atoms with Crippen molar-refractivity contribution in [3.05, 3.63) is 41.6 Å². The molecule has 0 saturated heterocycles. The van der Waals surface area contributed by atoms with Gasteiger partial charge in [0.2, 0.25) is 10.0 Å². The summed E-state index contributed by atoms with van der Waals surface area (Å²) in [6.45, 7) is 6.22. The average Bonchev–Trinajstić information content (AvgIpc) is 2.86. The maximum Gasteiger partial charge on any atom is 0.256 e. The Morgan fingerprint density at radius 3 is 2.25 bits per heavy atom. The third kappa shape index (κ3) is 3.65. The topological polar surface area (TPSA) is 84.3 Å². The lowest BCUT2D eigenvalue weighted by atomic mass is 10.2. The largest absolute Gasteiger partial charge is 0.307 e. The lowest BCUT2D eigenvalue weighted by Crippen LogP contribution is -2.30. The Labute approximate surface area is 142 Å². The molecule has 0 aliphatic rings. The van der Waals surface area contributed by atoms with Crippen LogP contribution in [0.2, 0.25) is 0 Å². The van der Waals surface area contributed by atoms with Crippen LogP contribution in [0.25, 0.3) is 0 Å². The molecule has 7 nitrogen and oxygen atoms in total. The smallest absolute Gasteiger partial charge is 0.256 e. The number of anilines is 1. The van der Waals surface area contributed by atoms with E-state index in [1.165, 1.54) is 28.6 Å². The summed E-state index contributed by atoms with van der Waals surface area (Å²) in [6.07, 6.45) is 0. The minimum absolute atomic E-state index is 0.180. The fourth-order valence-electron chi connectivity index (χ4n) is 2.41. The molecule has 24 heavy (non-hydrogen) atoms. The molecule has 0 spiro atoms. The van der Waals surface area contributed by atoms with Gasteiger partial charge in [-0.05, 0) is 31.2 Å². The predicted octanol–water partition coefficient (Wildman–Crippen LogP) is 2.01. The quantitative estimate of drug-likeness (QED) is 0.864. The molecular formula is C16H22N4O3S. The van der Waals surface area contributed by atoms with E-state index in [2.05, 4.69) is 10.4 Å². The second-order valence-electron chi connectivity index (χ2n) is 5.36. The van der Waals surface area contributed by atoms with E-state index in [9.17, 15) is 13.2 Å². The second kappa shape index (κ2) is 7.14. The number of rotatable bonds is 6. The number of hydrogen-bond acceptors (Lipinski definition) is 4. The first-order chi connectivity index (χ1) is 11.3. The molecule has 1 amide bonds. The Kier molecular flexibility index (Phi) is 5.40. The molecule has 1 heterocycles. The minimum Gasteiger partial charge on any atom is -0.307 e. The lowest BCUT2D eigenvalue weighted by molar-refractivity contribution is 0.102. The molecule has 0 aliphatic heterocycles. The second-order valence-corrected chi connectivity index (χ2v) is 7.30. The molecule has 1 N–H and O–H groups in total. The normalized spacial score (nSPS) is 11.7. The summed E-state index contributed by atoms with van der Waals surface area (Å²) in [7, 11) is -1.78. The Balaban J connectivity index is 2.20. The van der Waals surface area contributed by atoms with Crippen LogP contribution in [0.15, 0.2) is 35.2 Å². The van der Waals surface area contributed by atoms with E-state index >= 15 is 0 Å². The Morgan fingerprint density at radius 1 is 1.21 bits per heavy atom. The molecule has 1 aromatic carbocycles. The molecule has 0 aliphatic carbocycles. The Bertz CT molecular complexity index is 822. The van der Waals surface area contributed by atoms with Crippen molar-refractivity contribution < 1.29 is 13.2 Å². The summed E-state index contributed by atoms with van der Waals surface area (Å²) >= 11 is 0. The van der Waals surface area contributed by atoms with Crippen molar-refractivity contribution in [2.24, 2.45) is 7.05 Å². The van der Waals surface area contributed by atoms with Gasteiger partial charge < -0.3 is 5.32 Å². The first kappa shape index (κ1) is 18.2. The van der Waals surface area contributed by atoms with Crippen molar-refractivity contribution in [2.45, 2.75) is 25.7 Å². The van der Waals surface area contributed by atoms with Gasteiger partial charge in [-0.3, -0.25) is 9.48 Å². The first-order valence-electron chi connectivity index (χ1n) is 7.71. The number of carbonyl (C=O) groups is 1. The molecule has 0 fully saturated rings. The van der Waals surface area contributed by atoms with Crippen molar-refractivity contribution in [3.8, 4) is 0 Å². The van der Waals surface area contributed by atoms with Crippen LogP contribution >= 0.6 is 0 Å². The van der Waals surface area contributed by atoms with Crippen molar-refractivity contribution in [1.29, 1.82) is 0 Å². The number of aromatic nitrogens is 2. The van der Waals surface area contributed by atoms with Crippen LogP contribution in [0.5, 0.6) is 0 Å². The summed E-state index contributed by atoms with van der Waals surface area (Å²) < 4.78 is 27.8. The third-order valence-corrected chi connectivity index (χ3v) is 5.77. The summed E-state index contributed by atoms with van der Waals surface area (Å²) in [4.78, 5) is 12.5. The van der Waals surface area contributed by atoms with Gasteiger partial charge in [-0.25, -0.2) is 8.42 Å². The van der Waals surface area contributed by atoms with Gasteiger partial charge in [0.05, 0.1) is 10.6 Å². The number of nitrogens with one attached hydrogen (secondary N) is 1. The highest BCUT2D eigenvalue weighted by Crippen LogP contribution is 2.17. The zero-order valence-electron chi connectivity index (χ0n) is 14.3. The molecular weight excluding hydrogens is 328 g/mol. The van der Waals surface area contributed by atoms with Crippen molar-refractivity contribution in [1.82, 2.24) is 14.1 Å². The monoisotopic (exact) mass is 350 g/mol. The van der Waals surface area contributed by atoms with Gasteiger partial charge in [-0.15, -0.1) is 0 Å². The Morgan fingerprint density at radius 2 is 1.79 bits per heavy atom. The summed E-state index contributed by atoms with van der Waals surface area (Å²) in [5, 5.41) is 6.91. The van der Waals surface area contributed by atoms with Crippen LogP contribution in [0, 0.1) is 6.92 Å². The van der Waals surface area contributed by atoms with Gasteiger partial charge in [-0.2, -0.15) is 9.40 Å². The molecule has 1 aromatic heterocycles. The standard InChI is InChI=1S/C16H22N4O3S/c1-5-20(6-2)24(22,23)14-9-7-13(8-10-14)16(21)17-15-11-12(3)18-19(15)4/h7-11H,5-6H2,1-4H3,(H,17,21). The van der Waals surface area contributed by atoms with Gasteiger partial charge in [0.25, 0.3) is 5.91 Å². The minimum atomic E-state index is -3.52. The molecule has 2 rings (SSSR count). The molecule has 2 aromatic rings. The van der Waals surface area contributed by atoms with E-state index in [-0.39, 0.29) is 10.8 Å². The number of nitrogens with zero attached hydrogens (tertiary/aromatic N) is 3. The highest BCUT2D eigenvalue weighted by atomic mass is 32.2. The third-order valence-electron chi connectivity index (χ3n) is 3.70. The number of amides is 1. The highest BCUT2D eigenvalue weighted by molar-refractivity contribution is 7.89. The SMILES string of the molecule is CCN(CC)S(=O)(=O)c1ccc(C(=O)Nc2cc(C)nn2C)cc1. The molecule has 8 heteroatoms. The maximum atomic E-state index is 12.4. The Hall–Kier alpha value is -2.19. The molecule has 0 unspecified atom stereocenters. The van der Waals surface area contributed by atoms with E-state index in [0.29, 0.717) is 24.5 Å². The summed E-state index contributed by atoms with van der Waals surface area (Å²) in [5.41, 5.74) is 1.18. The van der Waals surface area contributed by atoms with Crippen LogP contribution in [0.4, 0.5) is 5.82 Å². The summed E-state index contributed by atoms with van der Waals surface area (Å²) in [5.74, 6) is 0.266. The van der Waals surface area contributed by atoms with Gasteiger partial charge in [-0.1, -0.05) is 13.8 Å². The fourth-order valence-corrected chi connectivity index (χ4v) is 3.86. The first-order valence-corrected chi connectivity index (χ1v) is 9.15. The summed E-state index contributed by atoms with van der Waals surface area (Å²) in [6, 6.07) is 7.69. The van der Waals surface area contributed by atoms with Crippen molar-refractivity contribution >= 4 is 21.7 Å². The van der Waals surface area contributed by atoms with E-state index in [4.69, 9.17) is 0 Å². The van der Waals surface area contributed by atoms with E-state index in [1.54, 1.807) is 31.6 Å². The van der Waals surface area contributed by atoms with Crippen LogP contribution in [-0.4, -0.2) is 41.5 Å². The van der Waals surface area contributed by atoms with E-state index < -0.39 is 10.0 Å². The van der Waals surface area contributed by atoms with Crippen LogP contribution in [0.3, 0.4) is 0 Å². The predicted molar refractivity (Wildman–Crippen MR) is 92.4 cm³/mol. The molecule has 0 atom stereocenters. The lowest BCUT2D eigenvalue weighted by Gasteiger charge is -2.18. The average molecular weight is 350 g/mol. The number of benzene rings is 1. The number of aryl methyl sites for hydroxylation is 2. The van der Waals surface area contributed by atoms with E-state index in [1.807, 2.05) is 6.92 Å². The van der Waals surface area contributed by atoms with Gasteiger partial charge in [0.15, 0.2) is 0 Å². The van der Waals surface area contributed by atoms with Crippen molar-refractivity contribution in [2.75, 3.05) is 18.4 Å². The van der Waals surface area contributed by atoms with Gasteiger partial charge in [0, 0.05) is 31.8 Å². The van der Waals surface area contributed by atoms with E-state index in [0.717, 1.165) is 5.69 Å². The molecule has 130 valence electrons. The zero-order valence-corrected chi connectivity index (χ0v) is 15.1. The maximum absolute atomic E-state index is 12.4. The number of carbonyl (C=O) groups excluding carboxylic acids is 1. The number of sulfonamides is 1.